The molecule has 0 unspecified atom stereocenters. The van der Waals surface area contributed by atoms with E-state index in [1.807, 2.05) is 13.0 Å². The topological polar surface area (TPSA) is 70.4 Å². The van der Waals surface area contributed by atoms with Crippen LogP contribution < -0.4 is 0 Å². The molecule has 1 fully saturated rings. The monoisotopic (exact) mass is 342 g/mol. The Morgan fingerprint density at radius 2 is 2.09 bits per heavy atom. The van der Waals surface area contributed by atoms with Crippen LogP contribution in [0.4, 0.5) is 0 Å². The highest BCUT2D eigenvalue weighted by Crippen LogP contribution is 2.27. The van der Waals surface area contributed by atoms with Crippen molar-refractivity contribution in [2.75, 3.05) is 26.3 Å². The second-order valence-electron chi connectivity index (χ2n) is 5.26. The molecule has 0 N–H and O–H groups in total. The lowest BCUT2D eigenvalue weighted by Crippen LogP contribution is -2.39. The van der Waals surface area contributed by atoms with Gasteiger partial charge in [-0.1, -0.05) is 11.6 Å². The molecule has 1 heterocycles. The van der Waals surface area contributed by atoms with Crippen molar-refractivity contribution in [3.05, 3.63) is 28.8 Å². The first-order valence-corrected chi connectivity index (χ1v) is 9.08. The summed E-state index contributed by atoms with van der Waals surface area (Å²) in [5, 5.41) is 9.49. The first-order valence-electron chi connectivity index (χ1n) is 7.26. The highest BCUT2D eigenvalue weighted by molar-refractivity contribution is 7.89. The maximum atomic E-state index is 12.7. The minimum Gasteiger partial charge on any atom is -0.381 e. The molecule has 0 atom stereocenters. The van der Waals surface area contributed by atoms with E-state index < -0.39 is 10.0 Å². The number of rotatable bonds is 5. The van der Waals surface area contributed by atoms with Crippen molar-refractivity contribution in [3.8, 4) is 6.07 Å². The number of benzene rings is 1. The molecule has 2 rings (SSSR count). The average molecular weight is 343 g/mol. The zero-order chi connectivity index (χ0) is 16.2. The second kappa shape index (κ2) is 7.42. The van der Waals surface area contributed by atoms with Crippen LogP contribution >= 0.6 is 11.6 Å². The van der Waals surface area contributed by atoms with Gasteiger partial charge in [0.05, 0.1) is 5.56 Å². The quantitative estimate of drug-likeness (QED) is 0.824. The Balaban J connectivity index is 2.14. The zero-order valence-electron chi connectivity index (χ0n) is 12.5. The van der Waals surface area contributed by atoms with Crippen LogP contribution in [0.1, 0.15) is 25.3 Å². The second-order valence-corrected chi connectivity index (χ2v) is 7.60. The molecule has 0 aromatic heterocycles. The van der Waals surface area contributed by atoms with Crippen molar-refractivity contribution < 1.29 is 13.2 Å². The van der Waals surface area contributed by atoms with Crippen molar-refractivity contribution in [2.45, 2.75) is 24.7 Å². The normalized spacial score (nSPS) is 17.3. The summed E-state index contributed by atoms with van der Waals surface area (Å²) < 4.78 is 32.2. The lowest BCUT2D eigenvalue weighted by molar-refractivity contribution is 0.0883. The molecule has 0 spiro atoms. The van der Waals surface area contributed by atoms with Crippen molar-refractivity contribution in [1.82, 2.24) is 4.31 Å². The number of halogens is 1. The Morgan fingerprint density at radius 1 is 1.41 bits per heavy atom. The molecular formula is C15H19ClN2O3S. The van der Waals surface area contributed by atoms with Crippen LogP contribution in [-0.2, 0) is 14.8 Å². The molecular weight excluding hydrogens is 324 g/mol. The summed E-state index contributed by atoms with van der Waals surface area (Å²) >= 11 is 5.83. The molecule has 1 aliphatic heterocycles. The third-order valence-corrected chi connectivity index (χ3v) is 6.00. The van der Waals surface area contributed by atoms with E-state index in [1.165, 1.54) is 22.5 Å². The summed E-state index contributed by atoms with van der Waals surface area (Å²) in [6.45, 7) is 4.20. The van der Waals surface area contributed by atoms with Crippen molar-refractivity contribution in [3.63, 3.8) is 0 Å². The van der Waals surface area contributed by atoms with Crippen molar-refractivity contribution in [2.24, 2.45) is 5.92 Å². The van der Waals surface area contributed by atoms with Crippen molar-refractivity contribution in [1.29, 1.82) is 5.26 Å². The van der Waals surface area contributed by atoms with Gasteiger partial charge in [-0.25, -0.2) is 8.42 Å². The van der Waals surface area contributed by atoms with Crippen LogP contribution in [-0.4, -0.2) is 39.0 Å². The molecule has 0 saturated carbocycles. The molecule has 1 saturated heterocycles. The van der Waals surface area contributed by atoms with Gasteiger partial charge in [-0.15, -0.1) is 0 Å². The number of hydrogen-bond acceptors (Lipinski definition) is 4. The maximum absolute atomic E-state index is 12.7. The van der Waals surface area contributed by atoms with Gasteiger partial charge in [0.15, 0.2) is 0 Å². The smallest absolute Gasteiger partial charge is 0.244 e. The number of ether oxygens (including phenoxy) is 1. The molecule has 1 aromatic rings. The van der Waals surface area contributed by atoms with Gasteiger partial charge in [0.2, 0.25) is 10.0 Å². The Labute approximate surface area is 136 Å². The van der Waals surface area contributed by atoms with Gasteiger partial charge in [-0.3, -0.25) is 0 Å². The molecule has 5 nitrogen and oxygen atoms in total. The molecule has 22 heavy (non-hydrogen) atoms. The summed E-state index contributed by atoms with van der Waals surface area (Å²) in [6.07, 6.45) is 1.55. The molecule has 0 aliphatic carbocycles. The minimum atomic E-state index is -3.65. The van der Waals surface area contributed by atoms with Gasteiger partial charge >= 0.3 is 0 Å². The van der Waals surface area contributed by atoms with Gasteiger partial charge in [-0.05, 0) is 43.9 Å². The van der Waals surface area contributed by atoms with E-state index in [9.17, 15) is 8.42 Å². The lowest BCUT2D eigenvalue weighted by atomic mass is 9.99. The van der Waals surface area contributed by atoms with Crippen LogP contribution in [0.2, 0.25) is 5.02 Å². The Hall–Kier alpha value is -1.13. The van der Waals surface area contributed by atoms with E-state index in [1.54, 1.807) is 0 Å². The van der Waals surface area contributed by atoms with E-state index in [0.29, 0.717) is 37.2 Å². The van der Waals surface area contributed by atoms with Gasteiger partial charge in [-0.2, -0.15) is 9.57 Å². The summed E-state index contributed by atoms with van der Waals surface area (Å²) in [5.41, 5.74) is 0.0870. The molecule has 0 bridgehead atoms. The summed E-state index contributed by atoms with van der Waals surface area (Å²) in [4.78, 5) is 0.0302. The molecule has 0 amide bonds. The number of sulfonamides is 1. The van der Waals surface area contributed by atoms with Crippen LogP contribution in [0.25, 0.3) is 0 Å². The molecule has 7 heteroatoms. The maximum Gasteiger partial charge on any atom is 0.244 e. The molecule has 1 aliphatic rings. The fourth-order valence-corrected chi connectivity index (χ4v) is 4.32. The number of nitrogens with zero attached hydrogens (tertiary/aromatic N) is 2. The summed E-state index contributed by atoms with van der Waals surface area (Å²) in [5.74, 6) is 0.395. The fourth-order valence-electron chi connectivity index (χ4n) is 2.55. The van der Waals surface area contributed by atoms with E-state index in [2.05, 4.69) is 0 Å². The predicted octanol–water partition coefficient (Wildman–Crippen LogP) is 2.65. The SMILES string of the molecule is CCOCC1CCN(S(=O)(=O)c2ccc(Cl)cc2C#N)CC1. The Bertz CT molecular complexity index is 662. The summed E-state index contributed by atoms with van der Waals surface area (Å²) in [6, 6.07) is 6.20. The van der Waals surface area contributed by atoms with Gasteiger partial charge in [0, 0.05) is 31.3 Å². The third-order valence-electron chi connectivity index (χ3n) is 3.81. The largest absolute Gasteiger partial charge is 0.381 e. The number of piperidine rings is 1. The van der Waals surface area contributed by atoms with Crippen LogP contribution in [0.5, 0.6) is 0 Å². The molecule has 1 aromatic carbocycles. The highest BCUT2D eigenvalue weighted by Gasteiger charge is 2.31. The number of hydrogen-bond donors (Lipinski definition) is 0. The van der Waals surface area contributed by atoms with Crippen LogP contribution in [0, 0.1) is 17.2 Å². The molecule has 120 valence electrons. The minimum absolute atomic E-state index is 0.0302. The van der Waals surface area contributed by atoms with Crippen molar-refractivity contribution >= 4 is 21.6 Å². The molecule has 0 radical (unpaired) electrons. The van der Waals surface area contributed by atoms with E-state index in [0.717, 1.165) is 12.8 Å². The van der Waals surface area contributed by atoms with E-state index in [-0.39, 0.29) is 10.5 Å². The fraction of sp³-hybridized carbons (Fsp3) is 0.533. The van der Waals surface area contributed by atoms with Gasteiger partial charge in [0.1, 0.15) is 11.0 Å². The Morgan fingerprint density at radius 3 is 2.68 bits per heavy atom. The predicted molar refractivity (Wildman–Crippen MR) is 84.1 cm³/mol. The van der Waals surface area contributed by atoms with Crippen LogP contribution in [0.15, 0.2) is 23.1 Å². The van der Waals surface area contributed by atoms with E-state index >= 15 is 0 Å². The Kier molecular flexibility index (Phi) is 5.81. The first-order chi connectivity index (χ1) is 10.5. The summed E-state index contributed by atoms with van der Waals surface area (Å²) in [7, 11) is -3.65. The third kappa shape index (κ3) is 3.79. The highest BCUT2D eigenvalue weighted by atomic mass is 35.5. The standard InChI is InChI=1S/C15H19ClN2O3S/c1-2-21-11-12-5-7-18(8-6-12)22(19,20)15-4-3-14(16)9-13(15)10-17/h3-4,9,12H,2,5-8,11H2,1H3. The zero-order valence-corrected chi connectivity index (χ0v) is 14.0. The lowest BCUT2D eigenvalue weighted by Gasteiger charge is -2.31. The van der Waals surface area contributed by atoms with E-state index in [4.69, 9.17) is 21.6 Å². The van der Waals surface area contributed by atoms with Gasteiger partial charge in [0.25, 0.3) is 0 Å². The average Bonchev–Trinajstić information content (AvgIpc) is 2.52. The number of nitriles is 1. The van der Waals surface area contributed by atoms with Gasteiger partial charge < -0.3 is 4.74 Å². The first kappa shape index (κ1) is 17.2. The van der Waals surface area contributed by atoms with Crippen LogP contribution in [0.3, 0.4) is 0 Å².